The quantitative estimate of drug-likeness (QED) is 0.293. The molecule has 0 aromatic rings. The van der Waals surface area contributed by atoms with Crippen LogP contribution >= 0.6 is 0 Å². The molecule has 0 amide bonds. The van der Waals surface area contributed by atoms with Gasteiger partial charge in [0.2, 0.25) is 0 Å². The van der Waals surface area contributed by atoms with Gasteiger partial charge in [0.05, 0.1) is 6.21 Å². The maximum atomic E-state index is 8.49. The van der Waals surface area contributed by atoms with Crippen LogP contribution in [0, 0.1) is 5.41 Å². The Kier molecular flexibility index (Phi) is 5.88. The van der Waals surface area contributed by atoms with E-state index in [-0.39, 0.29) is 5.41 Å². The number of hydrogen-bond donors (Lipinski definition) is 1. The molecule has 0 aromatic heterocycles. The van der Waals surface area contributed by atoms with E-state index in [1.165, 1.54) is 0 Å². The normalized spacial score (nSPS) is 12.2. The molecule has 0 radical (unpaired) electrons. The fourth-order valence-electron chi connectivity index (χ4n) is 1.34. The SMILES string of the molecule is C=CCN(CC=C)CC(C)(C)/C=N/O. The van der Waals surface area contributed by atoms with Crippen LogP contribution < -0.4 is 0 Å². The van der Waals surface area contributed by atoms with Crippen molar-refractivity contribution in [2.45, 2.75) is 13.8 Å². The Balaban J connectivity index is 4.25. The first-order chi connectivity index (χ1) is 6.55. The number of nitrogens with zero attached hydrogens (tertiary/aromatic N) is 2. The molecule has 0 rings (SSSR count). The molecule has 0 heterocycles. The first kappa shape index (κ1) is 12.9. The van der Waals surface area contributed by atoms with Crippen LogP contribution in [0.3, 0.4) is 0 Å². The predicted molar refractivity (Wildman–Crippen MR) is 60.9 cm³/mol. The van der Waals surface area contributed by atoms with Gasteiger partial charge in [-0.1, -0.05) is 26.0 Å². The van der Waals surface area contributed by atoms with Crippen molar-refractivity contribution in [3.63, 3.8) is 0 Å². The highest BCUT2D eigenvalue weighted by Gasteiger charge is 2.18. The van der Waals surface area contributed by atoms with Crippen molar-refractivity contribution < 1.29 is 5.21 Å². The molecule has 14 heavy (non-hydrogen) atoms. The Morgan fingerprint density at radius 3 is 2.14 bits per heavy atom. The average molecular weight is 196 g/mol. The fraction of sp³-hybridized carbons (Fsp3) is 0.545. The van der Waals surface area contributed by atoms with Crippen molar-refractivity contribution in [3.05, 3.63) is 25.3 Å². The molecule has 0 unspecified atom stereocenters. The zero-order chi connectivity index (χ0) is 11.0. The molecule has 0 bridgehead atoms. The second-order valence-electron chi connectivity index (χ2n) is 4.00. The molecule has 3 nitrogen and oxygen atoms in total. The summed E-state index contributed by atoms with van der Waals surface area (Å²) in [5.74, 6) is 0. The van der Waals surface area contributed by atoms with Gasteiger partial charge in [0.1, 0.15) is 0 Å². The van der Waals surface area contributed by atoms with Gasteiger partial charge in [0.15, 0.2) is 0 Å². The molecule has 0 saturated carbocycles. The molecule has 80 valence electrons. The minimum absolute atomic E-state index is 0.138. The van der Waals surface area contributed by atoms with E-state index in [4.69, 9.17) is 5.21 Å². The monoisotopic (exact) mass is 196 g/mol. The molecular weight excluding hydrogens is 176 g/mol. The van der Waals surface area contributed by atoms with Gasteiger partial charge in [-0.25, -0.2) is 0 Å². The van der Waals surface area contributed by atoms with Crippen LogP contribution in [0.5, 0.6) is 0 Å². The van der Waals surface area contributed by atoms with E-state index in [1.807, 2.05) is 26.0 Å². The molecule has 0 atom stereocenters. The molecule has 0 fully saturated rings. The molecule has 1 N–H and O–H groups in total. The van der Waals surface area contributed by atoms with E-state index < -0.39 is 0 Å². The molecule has 0 aliphatic carbocycles. The third-order valence-electron chi connectivity index (χ3n) is 1.81. The third-order valence-corrected chi connectivity index (χ3v) is 1.81. The second kappa shape index (κ2) is 6.38. The highest BCUT2D eigenvalue weighted by Crippen LogP contribution is 2.13. The summed E-state index contributed by atoms with van der Waals surface area (Å²) in [6, 6.07) is 0. The summed E-state index contributed by atoms with van der Waals surface area (Å²) in [5.41, 5.74) is -0.138. The van der Waals surface area contributed by atoms with Gasteiger partial charge in [-0.2, -0.15) is 0 Å². The van der Waals surface area contributed by atoms with Crippen molar-refractivity contribution in [2.24, 2.45) is 10.6 Å². The van der Waals surface area contributed by atoms with E-state index in [0.717, 1.165) is 19.6 Å². The first-order valence-corrected chi connectivity index (χ1v) is 4.68. The lowest BCUT2D eigenvalue weighted by Gasteiger charge is -2.27. The Morgan fingerprint density at radius 2 is 1.79 bits per heavy atom. The summed E-state index contributed by atoms with van der Waals surface area (Å²) in [5, 5.41) is 11.6. The maximum absolute atomic E-state index is 8.49. The third kappa shape index (κ3) is 5.54. The summed E-state index contributed by atoms with van der Waals surface area (Å²) in [4.78, 5) is 2.18. The van der Waals surface area contributed by atoms with Crippen LogP contribution in [0.1, 0.15) is 13.8 Å². The van der Waals surface area contributed by atoms with Crippen molar-refractivity contribution in [2.75, 3.05) is 19.6 Å². The Labute approximate surface area is 86.4 Å². The highest BCUT2D eigenvalue weighted by atomic mass is 16.4. The largest absolute Gasteiger partial charge is 0.411 e. The van der Waals surface area contributed by atoms with Crippen molar-refractivity contribution >= 4 is 6.21 Å². The lowest BCUT2D eigenvalue weighted by molar-refractivity contribution is 0.256. The number of rotatable bonds is 7. The van der Waals surface area contributed by atoms with E-state index in [1.54, 1.807) is 6.21 Å². The lowest BCUT2D eigenvalue weighted by atomic mass is 9.94. The Hall–Kier alpha value is -1.09. The summed E-state index contributed by atoms with van der Waals surface area (Å²) >= 11 is 0. The van der Waals surface area contributed by atoms with Crippen LogP contribution in [0.25, 0.3) is 0 Å². The fourth-order valence-corrected chi connectivity index (χ4v) is 1.34. The summed E-state index contributed by atoms with van der Waals surface area (Å²) in [7, 11) is 0. The summed E-state index contributed by atoms with van der Waals surface area (Å²) in [6.45, 7) is 13.9. The van der Waals surface area contributed by atoms with Gasteiger partial charge in [-0.05, 0) is 0 Å². The molecule has 0 saturated heterocycles. The standard InChI is InChI=1S/C11H20N2O/c1-5-7-13(8-6-2)10-11(3,4)9-12-14/h5-6,9,14H,1-2,7-8,10H2,3-4H3/b12-9+. The molecule has 3 heteroatoms. The molecule has 0 aromatic carbocycles. The predicted octanol–water partition coefficient (Wildman–Crippen LogP) is 2.15. The number of oxime groups is 1. The molecular formula is C11H20N2O. The topological polar surface area (TPSA) is 35.8 Å². The van der Waals surface area contributed by atoms with Crippen LogP contribution in [-0.2, 0) is 0 Å². The highest BCUT2D eigenvalue weighted by molar-refractivity contribution is 5.64. The Morgan fingerprint density at radius 1 is 1.29 bits per heavy atom. The minimum atomic E-state index is -0.138. The zero-order valence-electron chi connectivity index (χ0n) is 9.11. The van der Waals surface area contributed by atoms with Crippen LogP contribution in [0.2, 0.25) is 0 Å². The molecule has 0 aliphatic rings. The zero-order valence-corrected chi connectivity index (χ0v) is 9.11. The van der Waals surface area contributed by atoms with Crippen molar-refractivity contribution in [1.29, 1.82) is 0 Å². The lowest BCUT2D eigenvalue weighted by Crippen LogP contribution is -2.35. The second-order valence-corrected chi connectivity index (χ2v) is 4.00. The van der Waals surface area contributed by atoms with Crippen LogP contribution in [0.4, 0.5) is 0 Å². The van der Waals surface area contributed by atoms with Crippen LogP contribution in [0.15, 0.2) is 30.5 Å². The summed E-state index contributed by atoms with van der Waals surface area (Å²) in [6.07, 6.45) is 5.26. The van der Waals surface area contributed by atoms with Gasteiger partial charge in [-0.3, -0.25) is 4.90 Å². The van der Waals surface area contributed by atoms with Crippen LogP contribution in [-0.4, -0.2) is 36.0 Å². The first-order valence-electron chi connectivity index (χ1n) is 4.68. The van der Waals surface area contributed by atoms with E-state index in [9.17, 15) is 0 Å². The van der Waals surface area contributed by atoms with E-state index >= 15 is 0 Å². The maximum Gasteiger partial charge on any atom is 0.0504 e. The van der Waals surface area contributed by atoms with Gasteiger partial charge in [0, 0.05) is 25.0 Å². The van der Waals surface area contributed by atoms with Gasteiger partial charge < -0.3 is 5.21 Å². The van der Waals surface area contributed by atoms with E-state index in [2.05, 4.69) is 23.2 Å². The van der Waals surface area contributed by atoms with Crippen molar-refractivity contribution in [1.82, 2.24) is 4.90 Å². The van der Waals surface area contributed by atoms with Gasteiger partial charge in [0.25, 0.3) is 0 Å². The van der Waals surface area contributed by atoms with Gasteiger partial charge >= 0.3 is 0 Å². The van der Waals surface area contributed by atoms with Crippen molar-refractivity contribution in [3.8, 4) is 0 Å². The Bertz CT molecular complexity index is 199. The summed E-state index contributed by atoms with van der Waals surface area (Å²) < 4.78 is 0. The minimum Gasteiger partial charge on any atom is -0.411 e. The van der Waals surface area contributed by atoms with Gasteiger partial charge in [-0.15, -0.1) is 18.3 Å². The molecule has 0 aliphatic heterocycles. The smallest absolute Gasteiger partial charge is 0.0504 e. The average Bonchev–Trinajstić information content (AvgIpc) is 2.03. The molecule has 0 spiro atoms. The number of hydrogen-bond acceptors (Lipinski definition) is 3. The van der Waals surface area contributed by atoms with E-state index in [0.29, 0.717) is 0 Å².